The molecule has 126 valence electrons. The van der Waals surface area contributed by atoms with Gasteiger partial charge < -0.3 is 14.5 Å². The molecule has 2 aromatic rings. The van der Waals surface area contributed by atoms with Gasteiger partial charge in [0.15, 0.2) is 5.89 Å². The summed E-state index contributed by atoms with van der Waals surface area (Å²) in [6, 6.07) is 8.31. The molecule has 1 heterocycles. The zero-order valence-electron chi connectivity index (χ0n) is 14.3. The first-order chi connectivity index (χ1) is 11.5. The van der Waals surface area contributed by atoms with Gasteiger partial charge >= 0.3 is 0 Å². The van der Waals surface area contributed by atoms with E-state index in [0.29, 0.717) is 35.2 Å². The number of amides is 1. The molecule has 0 radical (unpaired) electrons. The Hall–Kier alpha value is -2.81. The van der Waals surface area contributed by atoms with E-state index in [2.05, 4.69) is 16.4 Å². The molecule has 0 aliphatic rings. The van der Waals surface area contributed by atoms with Crippen LogP contribution in [-0.4, -0.2) is 18.0 Å². The van der Waals surface area contributed by atoms with E-state index in [-0.39, 0.29) is 5.76 Å². The molecule has 0 saturated heterocycles. The predicted octanol–water partition coefficient (Wildman–Crippen LogP) is 3.18. The van der Waals surface area contributed by atoms with Gasteiger partial charge in [0.05, 0.1) is 18.9 Å². The summed E-state index contributed by atoms with van der Waals surface area (Å²) in [6.07, 6.45) is 0.655. The fourth-order valence-electron chi connectivity index (χ4n) is 2.38. The summed E-state index contributed by atoms with van der Waals surface area (Å²) in [6.45, 7) is 5.81. The number of nitrogens with one attached hydrogen (secondary N) is 1. The van der Waals surface area contributed by atoms with E-state index in [4.69, 9.17) is 9.15 Å². The Morgan fingerprint density at radius 3 is 2.75 bits per heavy atom. The second kappa shape index (κ2) is 7.64. The molecule has 0 bridgehead atoms. The number of oxazole rings is 1. The maximum absolute atomic E-state index is 12.5. The second-order valence-corrected chi connectivity index (χ2v) is 5.90. The molecule has 0 fully saturated rings. The maximum atomic E-state index is 12.5. The van der Waals surface area contributed by atoms with Crippen molar-refractivity contribution < 1.29 is 13.9 Å². The molecule has 0 aliphatic carbocycles. The van der Waals surface area contributed by atoms with Crippen LogP contribution in [0.3, 0.4) is 0 Å². The molecular weight excluding hydrogens is 306 g/mol. The number of para-hydroxylation sites is 1. The lowest BCUT2D eigenvalue weighted by molar-refractivity contribution is 0.0914. The summed E-state index contributed by atoms with van der Waals surface area (Å²) < 4.78 is 10.8. The van der Waals surface area contributed by atoms with Gasteiger partial charge in [-0.2, -0.15) is 5.26 Å². The van der Waals surface area contributed by atoms with Crippen LogP contribution in [0.15, 0.2) is 28.7 Å². The number of nitriles is 1. The molecular formula is C18H21N3O3. The first-order valence-electron chi connectivity index (χ1n) is 7.76. The van der Waals surface area contributed by atoms with E-state index in [0.717, 1.165) is 0 Å². The number of methoxy groups -OCH3 is 1. The first kappa shape index (κ1) is 17.5. The van der Waals surface area contributed by atoms with Crippen molar-refractivity contribution in [1.82, 2.24) is 10.3 Å². The van der Waals surface area contributed by atoms with Crippen molar-refractivity contribution >= 4 is 5.91 Å². The van der Waals surface area contributed by atoms with Crippen LogP contribution < -0.4 is 10.1 Å². The molecule has 1 amide bonds. The van der Waals surface area contributed by atoms with Gasteiger partial charge in [0.1, 0.15) is 11.8 Å². The molecule has 0 spiro atoms. The molecule has 6 heteroatoms. The minimum Gasteiger partial charge on any atom is -0.496 e. The minimum absolute atomic E-state index is 0.140. The van der Waals surface area contributed by atoms with Crippen molar-refractivity contribution in [3.8, 4) is 11.8 Å². The average Bonchev–Trinajstić information content (AvgIpc) is 2.92. The summed E-state index contributed by atoms with van der Waals surface area (Å²) in [5.74, 6) is 1.12. The summed E-state index contributed by atoms with van der Waals surface area (Å²) >= 11 is 0. The van der Waals surface area contributed by atoms with Crippen molar-refractivity contribution in [3.05, 3.63) is 47.2 Å². The van der Waals surface area contributed by atoms with Crippen LogP contribution >= 0.6 is 0 Å². The summed E-state index contributed by atoms with van der Waals surface area (Å²) in [4.78, 5) is 16.7. The number of rotatable bonds is 6. The van der Waals surface area contributed by atoms with Crippen LogP contribution in [0.5, 0.6) is 5.75 Å². The number of nitrogens with zero attached hydrogens (tertiary/aromatic N) is 2. The SMILES string of the molecule is COc1ccccc1[C@@H](C#N)NC(=O)c1oc(CC(C)C)nc1C. The number of ether oxygens (including phenoxy) is 1. The van der Waals surface area contributed by atoms with Crippen LogP contribution in [-0.2, 0) is 6.42 Å². The normalized spacial score (nSPS) is 11.8. The van der Waals surface area contributed by atoms with Gasteiger partial charge in [0.2, 0.25) is 5.76 Å². The highest BCUT2D eigenvalue weighted by Gasteiger charge is 2.23. The largest absolute Gasteiger partial charge is 0.496 e. The molecule has 6 nitrogen and oxygen atoms in total. The standard InChI is InChI=1S/C18H21N3O3/c1-11(2)9-16-20-12(3)17(24-16)18(22)21-14(10-19)13-7-5-6-8-15(13)23-4/h5-8,11,14H,9H2,1-4H3,(H,21,22)/t14-/m1/s1. The smallest absolute Gasteiger partial charge is 0.290 e. The fraction of sp³-hybridized carbons (Fsp3) is 0.389. The van der Waals surface area contributed by atoms with Crippen molar-refractivity contribution in [3.63, 3.8) is 0 Å². The Balaban J connectivity index is 2.21. The predicted molar refractivity (Wildman–Crippen MR) is 88.6 cm³/mol. The van der Waals surface area contributed by atoms with Gasteiger partial charge in [0, 0.05) is 12.0 Å². The fourth-order valence-corrected chi connectivity index (χ4v) is 2.38. The number of benzene rings is 1. The third-order valence-corrected chi connectivity index (χ3v) is 3.48. The van der Waals surface area contributed by atoms with Gasteiger partial charge in [-0.1, -0.05) is 32.0 Å². The number of aromatic nitrogens is 1. The Bertz CT molecular complexity index is 759. The molecule has 0 unspecified atom stereocenters. The van der Waals surface area contributed by atoms with E-state index < -0.39 is 11.9 Å². The number of carbonyl (C=O) groups excluding carboxylic acids is 1. The monoisotopic (exact) mass is 327 g/mol. The van der Waals surface area contributed by atoms with Crippen LogP contribution in [0.4, 0.5) is 0 Å². The highest BCUT2D eigenvalue weighted by molar-refractivity contribution is 5.93. The Morgan fingerprint density at radius 1 is 1.42 bits per heavy atom. The average molecular weight is 327 g/mol. The molecule has 1 aromatic heterocycles. The van der Waals surface area contributed by atoms with E-state index in [9.17, 15) is 10.1 Å². The van der Waals surface area contributed by atoms with Crippen LogP contribution in [0.25, 0.3) is 0 Å². The van der Waals surface area contributed by atoms with Gasteiger partial charge in [-0.25, -0.2) is 4.98 Å². The molecule has 2 rings (SSSR count). The lowest BCUT2D eigenvalue weighted by Gasteiger charge is -2.14. The minimum atomic E-state index is -0.841. The lowest BCUT2D eigenvalue weighted by atomic mass is 10.1. The molecule has 1 atom stereocenters. The van der Waals surface area contributed by atoms with E-state index in [1.807, 2.05) is 13.8 Å². The van der Waals surface area contributed by atoms with Crippen molar-refractivity contribution in [2.45, 2.75) is 33.2 Å². The van der Waals surface area contributed by atoms with Crippen molar-refractivity contribution in [1.29, 1.82) is 5.26 Å². The van der Waals surface area contributed by atoms with Gasteiger partial charge in [-0.3, -0.25) is 4.79 Å². The zero-order valence-corrected chi connectivity index (χ0v) is 14.3. The quantitative estimate of drug-likeness (QED) is 0.880. The van der Waals surface area contributed by atoms with E-state index in [1.165, 1.54) is 7.11 Å². The van der Waals surface area contributed by atoms with Gasteiger partial charge in [0.25, 0.3) is 5.91 Å². The third-order valence-electron chi connectivity index (χ3n) is 3.48. The number of carbonyl (C=O) groups is 1. The Morgan fingerprint density at radius 2 is 2.12 bits per heavy atom. The summed E-state index contributed by atoms with van der Waals surface area (Å²) in [5.41, 5.74) is 1.11. The molecule has 1 N–H and O–H groups in total. The second-order valence-electron chi connectivity index (χ2n) is 5.90. The molecule has 0 saturated carbocycles. The van der Waals surface area contributed by atoms with Crippen LogP contribution in [0.1, 0.15) is 47.6 Å². The molecule has 1 aromatic carbocycles. The van der Waals surface area contributed by atoms with Crippen LogP contribution in [0.2, 0.25) is 0 Å². The lowest BCUT2D eigenvalue weighted by Crippen LogP contribution is -2.28. The van der Waals surface area contributed by atoms with E-state index in [1.54, 1.807) is 31.2 Å². The van der Waals surface area contributed by atoms with Crippen molar-refractivity contribution in [2.24, 2.45) is 5.92 Å². The zero-order chi connectivity index (χ0) is 17.7. The highest BCUT2D eigenvalue weighted by atomic mass is 16.5. The van der Waals surface area contributed by atoms with Gasteiger partial charge in [-0.15, -0.1) is 0 Å². The first-order valence-corrected chi connectivity index (χ1v) is 7.76. The highest BCUT2D eigenvalue weighted by Crippen LogP contribution is 2.25. The Kier molecular flexibility index (Phi) is 5.59. The maximum Gasteiger partial charge on any atom is 0.290 e. The Labute approximate surface area is 141 Å². The summed E-state index contributed by atoms with van der Waals surface area (Å²) in [7, 11) is 1.52. The number of hydrogen-bond donors (Lipinski definition) is 1. The van der Waals surface area contributed by atoms with Crippen molar-refractivity contribution in [2.75, 3.05) is 7.11 Å². The third kappa shape index (κ3) is 3.93. The molecule has 24 heavy (non-hydrogen) atoms. The number of hydrogen-bond acceptors (Lipinski definition) is 5. The summed E-state index contributed by atoms with van der Waals surface area (Å²) in [5, 5.41) is 12.1. The van der Waals surface area contributed by atoms with Gasteiger partial charge in [-0.05, 0) is 18.9 Å². The number of aryl methyl sites for hydroxylation is 1. The molecule has 0 aliphatic heterocycles. The van der Waals surface area contributed by atoms with Crippen LogP contribution in [0, 0.1) is 24.2 Å². The van der Waals surface area contributed by atoms with E-state index >= 15 is 0 Å². The topological polar surface area (TPSA) is 88.1 Å².